The molecular formula is C14H20N2O3S. The van der Waals surface area contributed by atoms with Gasteiger partial charge in [0.05, 0.1) is 19.2 Å². The average Bonchev–Trinajstić information content (AvgIpc) is 3.17. The molecule has 2 fully saturated rings. The first-order chi connectivity index (χ1) is 9.65. The highest BCUT2D eigenvalue weighted by atomic mass is 32.1. The number of rotatable bonds is 4. The summed E-state index contributed by atoms with van der Waals surface area (Å²) in [6.07, 6.45) is 0.772. The Kier molecular flexibility index (Phi) is 3.81. The van der Waals surface area contributed by atoms with Crippen molar-refractivity contribution < 1.29 is 14.3 Å². The zero-order valence-electron chi connectivity index (χ0n) is 11.8. The van der Waals surface area contributed by atoms with E-state index < -0.39 is 0 Å². The van der Waals surface area contributed by atoms with Crippen LogP contribution < -0.4 is 5.32 Å². The molecule has 3 unspecified atom stereocenters. The molecular weight excluding hydrogens is 276 g/mol. The molecule has 2 aliphatic rings. The maximum Gasteiger partial charge on any atom is 0.241 e. The number of thiophene rings is 1. The van der Waals surface area contributed by atoms with Gasteiger partial charge in [-0.15, -0.1) is 0 Å². The summed E-state index contributed by atoms with van der Waals surface area (Å²) in [4.78, 5) is 14.3. The van der Waals surface area contributed by atoms with Crippen LogP contribution in [0.5, 0.6) is 0 Å². The smallest absolute Gasteiger partial charge is 0.241 e. The minimum absolute atomic E-state index is 0.0589. The molecule has 3 rings (SSSR count). The van der Waals surface area contributed by atoms with Crippen molar-refractivity contribution in [3.8, 4) is 0 Å². The number of nitrogens with one attached hydrogen (secondary N) is 1. The van der Waals surface area contributed by atoms with Gasteiger partial charge in [0.15, 0.2) is 0 Å². The zero-order chi connectivity index (χ0) is 14.2. The van der Waals surface area contributed by atoms with Crippen molar-refractivity contribution in [2.24, 2.45) is 0 Å². The van der Waals surface area contributed by atoms with Crippen LogP contribution in [0.1, 0.15) is 25.1 Å². The molecule has 110 valence electrons. The fraction of sp³-hybridized carbons (Fsp3) is 0.643. The second kappa shape index (κ2) is 5.44. The van der Waals surface area contributed by atoms with Crippen LogP contribution in [-0.2, 0) is 14.3 Å². The van der Waals surface area contributed by atoms with Crippen molar-refractivity contribution in [1.29, 1.82) is 0 Å². The lowest BCUT2D eigenvalue weighted by Crippen LogP contribution is -2.47. The maximum atomic E-state index is 12.4. The highest BCUT2D eigenvalue weighted by Gasteiger charge is 2.44. The molecule has 20 heavy (non-hydrogen) atoms. The summed E-state index contributed by atoms with van der Waals surface area (Å²) in [7, 11) is 1.70. The monoisotopic (exact) mass is 296 g/mol. The number of carbonyl (C=O) groups is 1. The van der Waals surface area contributed by atoms with Crippen LogP contribution in [0.4, 0.5) is 0 Å². The Morgan fingerprint density at radius 1 is 1.65 bits per heavy atom. The van der Waals surface area contributed by atoms with Gasteiger partial charge in [0.1, 0.15) is 11.8 Å². The van der Waals surface area contributed by atoms with Gasteiger partial charge in [-0.25, -0.2) is 0 Å². The largest absolute Gasteiger partial charge is 0.378 e. The Hall–Kier alpha value is -0.950. The third-order valence-electron chi connectivity index (χ3n) is 4.19. The van der Waals surface area contributed by atoms with Gasteiger partial charge in [0.2, 0.25) is 5.91 Å². The molecule has 6 heteroatoms. The van der Waals surface area contributed by atoms with Gasteiger partial charge in [-0.05, 0) is 29.3 Å². The molecule has 0 spiro atoms. The van der Waals surface area contributed by atoms with Crippen LogP contribution in [0.15, 0.2) is 16.8 Å². The third-order valence-corrected chi connectivity index (χ3v) is 4.89. The van der Waals surface area contributed by atoms with Crippen LogP contribution in [0.3, 0.4) is 0 Å². The molecule has 3 atom stereocenters. The van der Waals surface area contributed by atoms with Gasteiger partial charge in [-0.2, -0.15) is 11.3 Å². The van der Waals surface area contributed by atoms with Crippen molar-refractivity contribution in [3.05, 3.63) is 22.4 Å². The van der Waals surface area contributed by atoms with E-state index >= 15 is 0 Å². The molecule has 0 saturated carbocycles. The van der Waals surface area contributed by atoms with E-state index in [9.17, 15) is 4.79 Å². The minimum atomic E-state index is -0.365. The lowest BCUT2D eigenvalue weighted by Gasteiger charge is -2.33. The Morgan fingerprint density at radius 3 is 3.10 bits per heavy atom. The Labute approximate surface area is 122 Å². The third kappa shape index (κ3) is 2.37. The van der Waals surface area contributed by atoms with Crippen molar-refractivity contribution in [1.82, 2.24) is 10.2 Å². The van der Waals surface area contributed by atoms with E-state index in [1.807, 2.05) is 17.2 Å². The highest BCUT2D eigenvalue weighted by Crippen LogP contribution is 2.32. The SMILES string of the molecule is COC1(CN2C(=O)C(C)NC2c2ccsc2)CCOC1. The van der Waals surface area contributed by atoms with Crippen LogP contribution in [0.25, 0.3) is 0 Å². The summed E-state index contributed by atoms with van der Waals surface area (Å²) >= 11 is 1.64. The number of carbonyl (C=O) groups excluding carboxylic acids is 1. The minimum Gasteiger partial charge on any atom is -0.378 e. The summed E-state index contributed by atoms with van der Waals surface area (Å²) in [5.74, 6) is 0.129. The standard InChI is InChI=1S/C14H20N2O3S/c1-10-13(17)16(8-14(18-2)4-5-19-9-14)12(15-10)11-3-6-20-7-11/h3,6-7,10,12,15H,4-5,8-9H2,1-2H3. The van der Waals surface area contributed by atoms with E-state index in [2.05, 4.69) is 16.8 Å². The molecule has 0 bridgehead atoms. The molecule has 3 heterocycles. The van der Waals surface area contributed by atoms with Crippen LogP contribution in [0, 0.1) is 0 Å². The highest BCUT2D eigenvalue weighted by molar-refractivity contribution is 7.07. The van der Waals surface area contributed by atoms with Crippen molar-refractivity contribution in [2.75, 3.05) is 26.9 Å². The zero-order valence-corrected chi connectivity index (χ0v) is 12.6. The lowest BCUT2D eigenvalue weighted by atomic mass is 10.0. The summed E-state index contributed by atoms with van der Waals surface area (Å²) in [6.45, 7) is 3.73. The van der Waals surface area contributed by atoms with Gasteiger partial charge >= 0.3 is 0 Å². The van der Waals surface area contributed by atoms with Gasteiger partial charge in [0.25, 0.3) is 0 Å². The molecule has 0 aliphatic carbocycles. The topological polar surface area (TPSA) is 50.8 Å². The van der Waals surface area contributed by atoms with Crippen LogP contribution in [-0.4, -0.2) is 49.3 Å². The average molecular weight is 296 g/mol. The summed E-state index contributed by atoms with van der Waals surface area (Å²) in [5.41, 5.74) is 0.772. The van der Waals surface area contributed by atoms with E-state index in [1.165, 1.54) is 0 Å². The Morgan fingerprint density at radius 2 is 2.50 bits per heavy atom. The number of hydrogen-bond acceptors (Lipinski definition) is 5. The molecule has 5 nitrogen and oxygen atoms in total. The van der Waals surface area contributed by atoms with Crippen LogP contribution >= 0.6 is 11.3 Å². The van der Waals surface area contributed by atoms with E-state index in [0.29, 0.717) is 19.8 Å². The predicted octanol–water partition coefficient (Wildman–Crippen LogP) is 1.37. The molecule has 0 radical (unpaired) electrons. The number of amides is 1. The van der Waals surface area contributed by atoms with Crippen LogP contribution in [0.2, 0.25) is 0 Å². The molecule has 1 aromatic rings. The Bertz CT molecular complexity index is 471. The molecule has 1 aromatic heterocycles. The molecule has 1 amide bonds. The summed E-state index contributed by atoms with van der Waals surface area (Å²) in [6, 6.07) is 1.90. The van der Waals surface area contributed by atoms with Gasteiger partial charge in [-0.1, -0.05) is 0 Å². The van der Waals surface area contributed by atoms with Gasteiger partial charge in [0, 0.05) is 20.1 Å². The fourth-order valence-electron chi connectivity index (χ4n) is 2.90. The van der Waals surface area contributed by atoms with Crippen molar-refractivity contribution in [2.45, 2.75) is 31.2 Å². The quantitative estimate of drug-likeness (QED) is 0.912. The number of methoxy groups -OCH3 is 1. The second-order valence-corrected chi connectivity index (χ2v) is 6.28. The predicted molar refractivity (Wildman–Crippen MR) is 76.5 cm³/mol. The number of ether oxygens (including phenoxy) is 2. The first kappa shape index (κ1) is 14.0. The second-order valence-electron chi connectivity index (χ2n) is 5.50. The van der Waals surface area contributed by atoms with Crippen molar-refractivity contribution >= 4 is 17.2 Å². The van der Waals surface area contributed by atoms with Crippen molar-refractivity contribution in [3.63, 3.8) is 0 Å². The van der Waals surface area contributed by atoms with Gasteiger partial charge < -0.3 is 14.4 Å². The molecule has 1 N–H and O–H groups in total. The first-order valence-corrected chi connectivity index (χ1v) is 7.81. The maximum absolute atomic E-state index is 12.4. The normalized spacial score (nSPS) is 34.1. The first-order valence-electron chi connectivity index (χ1n) is 6.87. The lowest BCUT2D eigenvalue weighted by molar-refractivity contribution is -0.134. The fourth-order valence-corrected chi connectivity index (χ4v) is 3.58. The molecule has 0 aromatic carbocycles. The van der Waals surface area contributed by atoms with E-state index in [1.54, 1.807) is 18.4 Å². The summed E-state index contributed by atoms with van der Waals surface area (Å²) < 4.78 is 11.1. The molecule has 2 aliphatic heterocycles. The molecule has 2 saturated heterocycles. The van der Waals surface area contributed by atoms with Gasteiger partial charge in [-0.3, -0.25) is 10.1 Å². The van der Waals surface area contributed by atoms with E-state index in [-0.39, 0.29) is 23.7 Å². The Balaban J connectivity index is 1.83. The van der Waals surface area contributed by atoms with E-state index in [0.717, 1.165) is 12.0 Å². The summed E-state index contributed by atoms with van der Waals surface area (Å²) in [5, 5.41) is 7.48. The van der Waals surface area contributed by atoms with E-state index in [4.69, 9.17) is 9.47 Å². The number of nitrogens with zero attached hydrogens (tertiary/aromatic N) is 1. The number of hydrogen-bond donors (Lipinski definition) is 1.